The first kappa shape index (κ1) is 14.4. The highest BCUT2D eigenvalue weighted by molar-refractivity contribution is 5.41. The number of nitrogens with two attached hydrogens (primary N) is 1. The molecular weight excluding hydrogens is 238 g/mol. The summed E-state index contributed by atoms with van der Waals surface area (Å²) in [5, 5.41) is 0. The van der Waals surface area contributed by atoms with E-state index < -0.39 is 0 Å². The monoisotopic (exact) mass is 263 g/mol. The molecule has 3 heteroatoms. The molecule has 0 saturated carbocycles. The van der Waals surface area contributed by atoms with Gasteiger partial charge < -0.3 is 15.2 Å². The van der Waals surface area contributed by atoms with E-state index in [4.69, 9.17) is 15.2 Å². The van der Waals surface area contributed by atoms with E-state index in [2.05, 4.69) is 32.0 Å². The summed E-state index contributed by atoms with van der Waals surface area (Å²) in [5.74, 6) is 1.46. The first-order chi connectivity index (χ1) is 9.21. The fourth-order valence-corrected chi connectivity index (χ4v) is 3.11. The lowest BCUT2D eigenvalue weighted by atomic mass is 9.67. The van der Waals surface area contributed by atoms with E-state index >= 15 is 0 Å². The van der Waals surface area contributed by atoms with E-state index in [0.29, 0.717) is 12.5 Å². The van der Waals surface area contributed by atoms with Crippen LogP contribution in [0.1, 0.15) is 31.4 Å². The van der Waals surface area contributed by atoms with E-state index in [1.807, 2.05) is 0 Å². The molecule has 0 bridgehead atoms. The Morgan fingerprint density at radius 2 is 2.11 bits per heavy atom. The Labute approximate surface area is 116 Å². The second-order valence-electron chi connectivity index (χ2n) is 5.37. The summed E-state index contributed by atoms with van der Waals surface area (Å²) in [6.07, 6.45) is 2.07. The Morgan fingerprint density at radius 1 is 1.37 bits per heavy atom. The SMILES string of the molecule is CCc1cc(C2(C(CC)CN)COC2)ccc1OC. The summed E-state index contributed by atoms with van der Waals surface area (Å²) in [4.78, 5) is 0. The van der Waals surface area contributed by atoms with Gasteiger partial charge in [-0.1, -0.05) is 32.4 Å². The maximum atomic E-state index is 5.96. The topological polar surface area (TPSA) is 44.5 Å². The normalized spacial score (nSPS) is 18.7. The molecule has 2 N–H and O–H groups in total. The summed E-state index contributed by atoms with van der Waals surface area (Å²) >= 11 is 0. The van der Waals surface area contributed by atoms with Gasteiger partial charge >= 0.3 is 0 Å². The number of hydrogen-bond donors (Lipinski definition) is 1. The van der Waals surface area contributed by atoms with Gasteiger partial charge in [0.2, 0.25) is 0 Å². The zero-order valence-corrected chi connectivity index (χ0v) is 12.2. The minimum absolute atomic E-state index is 0.111. The molecule has 19 heavy (non-hydrogen) atoms. The Morgan fingerprint density at radius 3 is 2.53 bits per heavy atom. The van der Waals surface area contributed by atoms with Gasteiger partial charge in [-0.15, -0.1) is 0 Å². The van der Waals surface area contributed by atoms with Crippen molar-refractivity contribution in [3.05, 3.63) is 29.3 Å². The lowest BCUT2D eigenvalue weighted by Gasteiger charge is -2.47. The Bertz CT molecular complexity index is 423. The van der Waals surface area contributed by atoms with Gasteiger partial charge in [0.15, 0.2) is 0 Å². The predicted molar refractivity (Wildman–Crippen MR) is 77.7 cm³/mol. The highest BCUT2D eigenvalue weighted by atomic mass is 16.5. The predicted octanol–water partition coefficient (Wildman–Crippen LogP) is 2.51. The summed E-state index contributed by atoms with van der Waals surface area (Å²) in [6.45, 7) is 6.66. The molecule has 1 heterocycles. The first-order valence-electron chi connectivity index (χ1n) is 7.17. The van der Waals surface area contributed by atoms with E-state index in [1.165, 1.54) is 11.1 Å². The van der Waals surface area contributed by atoms with Gasteiger partial charge in [-0.3, -0.25) is 0 Å². The molecule has 2 rings (SSSR count). The van der Waals surface area contributed by atoms with Crippen LogP contribution >= 0.6 is 0 Å². The quantitative estimate of drug-likeness (QED) is 0.857. The zero-order valence-electron chi connectivity index (χ0n) is 12.2. The van der Waals surface area contributed by atoms with Gasteiger partial charge in [-0.05, 0) is 36.1 Å². The van der Waals surface area contributed by atoms with Crippen LogP contribution in [-0.4, -0.2) is 26.9 Å². The maximum absolute atomic E-state index is 5.96. The van der Waals surface area contributed by atoms with Crippen LogP contribution in [0, 0.1) is 5.92 Å². The molecule has 1 fully saturated rings. The molecule has 1 unspecified atom stereocenters. The van der Waals surface area contributed by atoms with E-state index in [1.54, 1.807) is 7.11 Å². The molecule has 106 valence electrons. The van der Waals surface area contributed by atoms with Gasteiger partial charge in [0, 0.05) is 5.41 Å². The average molecular weight is 263 g/mol. The van der Waals surface area contributed by atoms with Crippen molar-refractivity contribution in [2.24, 2.45) is 11.7 Å². The average Bonchev–Trinajstić information content (AvgIpc) is 2.41. The number of benzene rings is 1. The summed E-state index contributed by atoms with van der Waals surface area (Å²) < 4.78 is 10.9. The van der Waals surface area contributed by atoms with E-state index in [0.717, 1.165) is 31.8 Å². The third-order valence-electron chi connectivity index (χ3n) is 4.51. The summed E-state index contributed by atoms with van der Waals surface area (Å²) in [5.41, 5.74) is 8.69. The van der Waals surface area contributed by atoms with Crippen molar-refractivity contribution in [2.75, 3.05) is 26.9 Å². The molecule has 0 aliphatic carbocycles. The Kier molecular flexibility index (Phi) is 4.48. The van der Waals surface area contributed by atoms with Crippen LogP contribution in [0.5, 0.6) is 5.75 Å². The Balaban J connectivity index is 2.38. The van der Waals surface area contributed by atoms with Gasteiger partial charge in [0.05, 0.1) is 20.3 Å². The van der Waals surface area contributed by atoms with Crippen LogP contribution in [0.2, 0.25) is 0 Å². The smallest absolute Gasteiger partial charge is 0.122 e. The number of methoxy groups -OCH3 is 1. The first-order valence-corrected chi connectivity index (χ1v) is 7.17. The van der Waals surface area contributed by atoms with Crippen LogP contribution in [0.25, 0.3) is 0 Å². The maximum Gasteiger partial charge on any atom is 0.122 e. The van der Waals surface area contributed by atoms with Crippen molar-refractivity contribution >= 4 is 0 Å². The lowest BCUT2D eigenvalue weighted by molar-refractivity contribution is -0.0898. The highest BCUT2D eigenvalue weighted by Crippen LogP contribution is 2.42. The molecule has 3 nitrogen and oxygen atoms in total. The third kappa shape index (κ3) is 2.37. The molecule has 1 saturated heterocycles. The Hall–Kier alpha value is -1.06. The van der Waals surface area contributed by atoms with Crippen molar-refractivity contribution in [3.63, 3.8) is 0 Å². The molecule has 0 spiro atoms. The van der Waals surface area contributed by atoms with Crippen LogP contribution in [0.4, 0.5) is 0 Å². The van der Waals surface area contributed by atoms with Crippen molar-refractivity contribution < 1.29 is 9.47 Å². The van der Waals surface area contributed by atoms with Crippen molar-refractivity contribution in [3.8, 4) is 5.75 Å². The van der Waals surface area contributed by atoms with Crippen LogP contribution in [0.3, 0.4) is 0 Å². The molecule has 0 aromatic heterocycles. The van der Waals surface area contributed by atoms with Crippen LogP contribution in [-0.2, 0) is 16.6 Å². The molecule has 1 aliphatic rings. The van der Waals surface area contributed by atoms with Gasteiger partial charge in [-0.2, -0.15) is 0 Å². The summed E-state index contributed by atoms with van der Waals surface area (Å²) in [6, 6.07) is 6.54. The summed E-state index contributed by atoms with van der Waals surface area (Å²) in [7, 11) is 1.73. The third-order valence-corrected chi connectivity index (χ3v) is 4.51. The molecule has 1 aromatic carbocycles. The molecular formula is C16H25NO2. The largest absolute Gasteiger partial charge is 0.496 e. The van der Waals surface area contributed by atoms with E-state index in [-0.39, 0.29) is 5.41 Å². The second-order valence-corrected chi connectivity index (χ2v) is 5.37. The molecule has 0 amide bonds. The molecule has 0 radical (unpaired) electrons. The van der Waals surface area contributed by atoms with Crippen LogP contribution in [0.15, 0.2) is 18.2 Å². The second kappa shape index (κ2) is 5.93. The van der Waals surface area contributed by atoms with Crippen molar-refractivity contribution in [1.82, 2.24) is 0 Å². The highest BCUT2D eigenvalue weighted by Gasteiger charge is 2.45. The van der Waals surface area contributed by atoms with Crippen molar-refractivity contribution in [2.45, 2.75) is 32.1 Å². The van der Waals surface area contributed by atoms with Gasteiger partial charge in [-0.25, -0.2) is 0 Å². The lowest BCUT2D eigenvalue weighted by Crippen LogP contribution is -2.54. The fraction of sp³-hybridized carbons (Fsp3) is 0.625. The van der Waals surface area contributed by atoms with E-state index in [9.17, 15) is 0 Å². The fourth-order valence-electron chi connectivity index (χ4n) is 3.11. The number of aryl methyl sites for hydroxylation is 1. The van der Waals surface area contributed by atoms with Crippen LogP contribution < -0.4 is 10.5 Å². The number of hydrogen-bond acceptors (Lipinski definition) is 3. The minimum atomic E-state index is 0.111. The molecule has 1 atom stereocenters. The van der Waals surface area contributed by atoms with Crippen molar-refractivity contribution in [1.29, 1.82) is 0 Å². The minimum Gasteiger partial charge on any atom is -0.496 e. The number of ether oxygens (including phenoxy) is 2. The zero-order chi connectivity index (χ0) is 13.9. The molecule has 1 aromatic rings. The van der Waals surface area contributed by atoms with Gasteiger partial charge in [0.1, 0.15) is 5.75 Å². The number of rotatable bonds is 6. The molecule has 1 aliphatic heterocycles. The van der Waals surface area contributed by atoms with Gasteiger partial charge in [0.25, 0.3) is 0 Å². The standard InChI is InChI=1S/C16H25NO2/c1-4-12-8-14(6-7-15(12)18-3)16(10-19-11-16)13(5-2)9-17/h6-8,13H,4-5,9-11,17H2,1-3H3.